The molecule has 0 saturated heterocycles. The van der Waals surface area contributed by atoms with Crippen molar-refractivity contribution < 1.29 is 4.42 Å². The zero-order valence-electron chi connectivity index (χ0n) is 26.9. The van der Waals surface area contributed by atoms with Crippen LogP contribution in [-0.4, -0.2) is 19.5 Å². The largest absolute Gasteiger partial charge is 0.456 e. The Hall–Kier alpha value is -6.85. The van der Waals surface area contributed by atoms with E-state index in [0.29, 0.717) is 17.5 Å². The summed E-state index contributed by atoms with van der Waals surface area (Å²) in [5, 5.41) is 4.56. The highest BCUT2D eigenvalue weighted by Gasteiger charge is 2.18. The topological polar surface area (TPSA) is 56.7 Å². The van der Waals surface area contributed by atoms with Crippen LogP contribution in [-0.2, 0) is 0 Å². The van der Waals surface area contributed by atoms with Gasteiger partial charge in [0.25, 0.3) is 0 Å². The minimum atomic E-state index is 0.616. The fourth-order valence-corrected chi connectivity index (χ4v) is 7.06. The fourth-order valence-electron chi connectivity index (χ4n) is 7.06. The molecule has 234 valence electrons. The van der Waals surface area contributed by atoms with E-state index in [-0.39, 0.29) is 0 Å². The Morgan fingerprint density at radius 1 is 0.340 bits per heavy atom. The Bertz CT molecular complexity index is 2870. The van der Waals surface area contributed by atoms with E-state index in [4.69, 9.17) is 19.4 Å². The van der Waals surface area contributed by atoms with Crippen LogP contribution in [0.3, 0.4) is 0 Å². The molecule has 0 N–H and O–H groups in total. The van der Waals surface area contributed by atoms with Crippen molar-refractivity contribution in [1.82, 2.24) is 19.5 Å². The van der Waals surface area contributed by atoms with Gasteiger partial charge in [-0.2, -0.15) is 0 Å². The smallest absolute Gasteiger partial charge is 0.164 e. The molecule has 5 nitrogen and oxygen atoms in total. The number of hydrogen-bond acceptors (Lipinski definition) is 4. The summed E-state index contributed by atoms with van der Waals surface area (Å²) in [6, 6.07) is 58.6. The Balaban J connectivity index is 1.17. The summed E-state index contributed by atoms with van der Waals surface area (Å²) in [6.07, 6.45) is 0. The van der Waals surface area contributed by atoms with Crippen LogP contribution in [0.4, 0.5) is 0 Å². The zero-order chi connectivity index (χ0) is 33.0. The molecule has 0 atom stereocenters. The van der Waals surface area contributed by atoms with Gasteiger partial charge < -0.3 is 8.98 Å². The Kier molecular flexibility index (Phi) is 6.42. The summed E-state index contributed by atoms with van der Waals surface area (Å²) in [5.41, 5.74) is 9.99. The predicted molar refractivity (Wildman–Crippen MR) is 203 cm³/mol. The monoisotopic (exact) mass is 640 g/mol. The number of rotatable bonds is 5. The van der Waals surface area contributed by atoms with Crippen LogP contribution >= 0.6 is 0 Å². The second-order valence-corrected chi connectivity index (χ2v) is 12.5. The number of fused-ring (bicyclic) bond motifs is 6. The third kappa shape index (κ3) is 4.67. The van der Waals surface area contributed by atoms with E-state index in [1.165, 1.54) is 5.39 Å². The maximum Gasteiger partial charge on any atom is 0.164 e. The molecule has 0 saturated carbocycles. The lowest BCUT2D eigenvalue weighted by atomic mass is 10.0. The highest BCUT2D eigenvalue weighted by molar-refractivity contribution is 6.11. The fraction of sp³-hybridized carbons (Fsp3) is 0. The third-order valence-electron chi connectivity index (χ3n) is 9.45. The van der Waals surface area contributed by atoms with Crippen molar-refractivity contribution in [3.05, 3.63) is 170 Å². The van der Waals surface area contributed by atoms with Gasteiger partial charge in [0.05, 0.1) is 11.0 Å². The van der Waals surface area contributed by atoms with Gasteiger partial charge in [0, 0.05) is 50.0 Å². The molecule has 10 rings (SSSR count). The number of nitrogens with zero attached hydrogens (tertiary/aromatic N) is 4. The predicted octanol–water partition coefficient (Wildman–Crippen LogP) is 11.5. The molecule has 0 amide bonds. The lowest BCUT2D eigenvalue weighted by Gasteiger charge is -2.11. The lowest BCUT2D eigenvalue weighted by Crippen LogP contribution is -2.00. The van der Waals surface area contributed by atoms with E-state index in [1.807, 2.05) is 48.5 Å². The molecule has 0 fully saturated rings. The van der Waals surface area contributed by atoms with E-state index >= 15 is 0 Å². The molecule has 0 aliphatic rings. The van der Waals surface area contributed by atoms with Gasteiger partial charge in [-0.05, 0) is 47.5 Å². The zero-order valence-corrected chi connectivity index (χ0v) is 26.9. The molecule has 0 unspecified atom stereocenters. The molecule has 0 spiro atoms. The van der Waals surface area contributed by atoms with E-state index in [1.54, 1.807) is 0 Å². The first-order chi connectivity index (χ1) is 24.8. The maximum absolute atomic E-state index is 6.32. The van der Waals surface area contributed by atoms with Gasteiger partial charge in [0.2, 0.25) is 0 Å². The SMILES string of the molecule is c1ccc(-c2cccc(-c3nc(-c4ccccc4)nc(-c4ccc5c6ccccc6n(-c6ccc7c(c6)oc6ccccc67)c5c4)n3)c2)cc1. The van der Waals surface area contributed by atoms with E-state index in [9.17, 15) is 0 Å². The summed E-state index contributed by atoms with van der Waals surface area (Å²) in [5.74, 6) is 1.87. The molecular weight excluding hydrogens is 613 g/mol. The number of furan rings is 1. The van der Waals surface area contributed by atoms with Gasteiger partial charge in [-0.1, -0.05) is 127 Å². The Morgan fingerprint density at radius 2 is 0.900 bits per heavy atom. The molecule has 3 heterocycles. The van der Waals surface area contributed by atoms with Crippen molar-refractivity contribution in [1.29, 1.82) is 0 Å². The van der Waals surface area contributed by atoms with Crippen LogP contribution in [0.15, 0.2) is 174 Å². The molecule has 0 aliphatic carbocycles. The van der Waals surface area contributed by atoms with Crippen molar-refractivity contribution >= 4 is 43.7 Å². The lowest BCUT2D eigenvalue weighted by molar-refractivity contribution is 0.668. The molecule has 3 aromatic heterocycles. The first kappa shape index (κ1) is 28.2. The Morgan fingerprint density at radius 3 is 1.70 bits per heavy atom. The standard InChI is InChI=1S/C45H28N4O/c1-3-12-29(13-4-1)31-16-11-17-32(26-31)44-46-43(30-14-5-2-6-15-30)47-45(48-44)33-22-24-36-35-18-7-9-20-39(35)49(40(36)27-33)34-23-25-38-37-19-8-10-21-41(37)50-42(38)28-34/h1-28H. The van der Waals surface area contributed by atoms with Gasteiger partial charge in [-0.25, -0.2) is 15.0 Å². The van der Waals surface area contributed by atoms with Gasteiger partial charge in [0.1, 0.15) is 11.2 Å². The summed E-state index contributed by atoms with van der Waals surface area (Å²) in [6.45, 7) is 0. The van der Waals surface area contributed by atoms with Gasteiger partial charge >= 0.3 is 0 Å². The van der Waals surface area contributed by atoms with Crippen molar-refractivity contribution in [2.75, 3.05) is 0 Å². The quantitative estimate of drug-likeness (QED) is 0.188. The second kappa shape index (κ2) is 11.4. The summed E-state index contributed by atoms with van der Waals surface area (Å²) in [4.78, 5) is 15.2. The van der Waals surface area contributed by atoms with Crippen LogP contribution in [0.5, 0.6) is 0 Å². The van der Waals surface area contributed by atoms with Crippen LogP contribution in [0.25, 0.3) is 94.7 Å². The first-order valence-corrected chi connectivity index (χ1v) is 16.7. The number of para-hydroxylation sites is 2. The minimum absolute atomic E-state index is 0.616. The molecule has 0 bridgehead atoms. The van der Waals surface area contributed by atoms with Crippen LogP contribution in [0.1, 0.15) is 0 Å². The maximum atomic E-state index is 6.32. The number of aromatic nitrogens is 4. The molecule has 5 heteroatoms. The van der Waals surface area contributed by atoms with Gasteiger partial charge in [-0.15, -0.1) is 0 Å². The normalized spacial score (nSPS) is 11.6. The van der Waals surface area contributed by atoms with Crippen molar-refractivity contribution in [3.63, 3.8) is 0 Å². The third-order valence-corrected chi connectivity index (χ3v) is 9.45. The highest BCUT2D eigenvalue weighted by atomic mass is 16.3. The molecule has 10 aromatic rings. The Labute approximate surface area is 287 Å². The first-order valence-electron chi connectivity index (χ1n) is 16.7. The van der Waals surface area contributed by atoms with Crippen LogP contribution in [0, 0.1) is 0 Å². The minimum Gasteiger partial charge on any atom is -0.456 e. The van der Waals surface area contributed by atoms with Crippen molar-refractivity contribution in [2.45, 2.75) is 0 Å². The summed E-state index contributed by atoms with van der Waals surface area (Å²) in [7, 11) is 0. The molecule has 50 heavy (non-hydrogen) atoms. The molecular formula is C45H28N4O. The van der Waals surface area contributed by atoms with E-state index < -0.39 is 0 Å². The highest BCUT2D eigenvalue weighted by Crippen LogP contribution is 2.37. The molecule has 0 radical (unpaired) electrons. The van der Waals surface area contributed by atoms with Gasteiger partial charge in [0.15, 0.2) is 17.5 Å². The molecule has 7 aromatic carbocycles. The summed E-state index contributed by atoms with van der Waals surface area (Å²) < 4.78 is 8.62. The van der Waals surface area contributed by atoms with E-state index in [0.717, 1.165) is 71.9 Å². The van der Waals surface area contributed by atoms with Crippen LogP contribution in [0.2, 0.25) is 0 Å². The summed E-state index contributed by atoms with van der Waals surface area (Å²) >= 11 is 0. The van der Waals surface area contributed by atoms with E-state index in [2.05, 4.69) is 126 Å². The van der Waals surface area contributed by atoms with Crippen LogP contribution < -0.4 is 0 Å². The molecule has 0 aliphatic heterocycles. The van der Waals surface area contributed by atoms with Gasteiger partial charge in [-0.3, -0.25) is 0 Å². The number of hydrogen-bond donors (Lipinski definition) is 0. The van der Waals surface area contributed by atoms with Crippen molar-refractivity contribution in [2.24, 2.45) is 0 Å². The second-order valence-electron chi connectivity index (χ2n) is 12.5. The average molecular weight is 641 g/mol. The van der Waals surface area contributed by atoms with Crippen molar-refractivity contribution in [3.8, 4) is 51.0 Å². The average Bonchev–Trinajstić information content (AvgIpc) is 3.73. The number of benzene rings is 7.